The van der Waals surface area contributed by atoms with Crippen LogP contribution in [0.1, 0.15) is 32.1 Å². The van der Waals surface area contributed by atoms with Gasteiger partial charge in [0.1, 0.15) is 0 Å². The van der Waals surface area contributed by atoms with Gasteiger partial charge in [-0.3, -0.25) is 0 Å². The monoisotopic (exact) mass is 150 g/mol. The van der Waals surface area contributed by atoms with Gasteiger partial charge < -0.3 is 4.74 Å². The predicted molar refractivity (Wildman–Crippen MR) is 43.3 cm³/mol. The molecule has 4 aliphatic rings. The zero-order valence-electron chi connectivity index (χ0n) is 6.75. The van der Waals surface area contributed by atoms with Gasteiger partial charge in [-0.25, -0.2) is 0 Å². The maximum atomic E-state index is 5.88. The lowest BCUT2D eigenvalue weighted by Gasteiger charge is -2.59. The fraction of sp³-hybridized carbons (Fsp3) is 0.800. The minimum Gasteiger partial charge on any atom is -0.367 e. The van der Waals surface area contributed by atoms with Gasteiger partial charge in [0.15, 0.2) is 0 Å². The van der Waals surface area contributed by atoms with Crippen molar-refractivity contribution in [2.24, 2.45) is 5.92 Å². The highest BCUT2D eigenvalue weighted by molar-refractivity contribution is 5.18. The van der Waals surface area contributed by atoms with E-state index in [2.05, 4.69) is 12.2 Å². The van der Waals surface area contributed by atoms with E-state index >= 15 is 0 Å². The molecule has 4 rings (SSSR count). The summed E-state index contributed by atoms with van der Waals surface area (Å²) in [7, 11) is 0. The fourth-order valence-electron chi connectivity index (χ4n) is 3.00. The lowest BCUT2D eigenvalue weighted by Crippen LogP contribution is -2.62. The van der Waals surface area contributed by atoms with Gasteiger partial charge in [0.2, 0.25) is 0 Å². The summed E-state index contributed by atoms with van der Waals surface area (Å²) < 4.78 is 5.88. The molecule has 3 atom stereocenters. The summed E-state index contributed by atoms with van der Waals surface area (Å²) in [5.74, 6) is 0.890. The Balaban J connectivity index is 1.93. The summed E-state index contributed by atoms with van der Waals surface area (Å²) in [6.45, 7) is 0. The predicted octanol–water partition coefficient (Wildman–Crippen LogP) is 2.27. The Morgan fingerprint density at radius 3 is 3.18 bits per heavy atom. The van der Waals surface area contributed by atoms with Crippen molar-refractivity contribution in [1.82, 2.24) is 0 Å². The minimum atomic E-state index is 0.331. The molecule has 0 radical (unpaired) electrons. The Morgan fingerprint density at radius 1 is 1.36 bits per heavy atom. The van der Waals surface area contributed by atoms with Crippen molar-refractivity contribution in [3.8, 4) is 0 Å². The van der Waals surface area contributed by atoms with E-state index < -0.39 is 0 Å². The van der Waals surface area contributed by atoms with Crippen LogP contribution in [0.15, 0.2) is 12.2 Å². The molecule has 11 heavy (non-hydrogen) atoms. The smallest absolute Gasteiger partial charge is 0.0819 e. The van der Waals surface area contributed by atoms with E-state index in [0.717, 1.165) is 5.92 Å². The number of hydrogen-bond acceptors (Lipinski definition) is 1. The van der Waals surface area contributed by atoms with E-state index in [1.807, 2.05) is 0 Å². The van der Waals surface area contributed by atoms with Crippen LogP contribution < -0.4 is 0 Å². The molecule has 0 aromatic carbocycles. The van der Waals surface area contributed by atoms with Crippen LogP contribution in [0.2, 0.25) is 0 Å². The minimum absolute atomic E-state index is 0.331. The van der Waals surface area contributed by atoms with Crippen LogP contribution in [-0.4, -0.2) is 11.7 Å². The van der Waals surface area contributed by atoms with Gasteiger partial charge in [-0.2, -0.15) is 0 Å². The first-order valence-electron chi connectivity index (χ1n) is 4.75. The maximum Gasteiger partial charge on any atom is 0.0819 e. The van der Waals surface area contributed by atoms with Gasteiger partial charge in [-0.1, -0.05) is 25.0 Å². The molecule has 60 valence electrons. The standard InChI is InChI=1S/C10H14O/c1-2-6-10-7-3-5-9(11-10)8(10)4-1/h3,5,8-9H,1-2,4,6-7H2/t8-,9-,10+/m1/s1. The summed E-state index contributed by atoms with van der Waals surface area (Å²) in [6, 6.07) is 0. The first kappa shape index (κ1) is 6.24. The van der Waals surface area contributed by atoms with Crippen molar-refractivity contribution in [2.75, 3.05) is 0 Å². The second-order valence-corrected chi connectivity index (χ2v) is 4.13. The molecule has 2 heterocycles. The molecule has 0 unspecified atom stereocenters. The van der Waals surface area contributed by atoms with Crippen LogP contribution in [0.25, 0.3) is 0 Å². The molecular weight excluding hydrogens is 136 g/mol. The molecule has 1 saturated heterocycles. The Bertz CT molecular complexity index is 209. The van der Waals surface area contributed by atoms with Crippen molar-refractivity contribution < 1.29 is 4.74 Å². The van der Waals surface area contributed by atoms with Crippen LogP contribution in [-0.2, 0) is 4.74 Å². The Kier molecular flexibility index (Phi) is 1.07. The third-order valence-electron chi connectivity index (χ3n) is 3.60. The maximum absolute atomic E-state index is 5.88. The number of hydrogen-bond donors (Lipinski definition) is 0. The van der Waals surface area contributed by atoms with Gasteiger partial charge in [-0.15, -0.1) is 0 Å². The van der Waals surface area contributed by atoms with Crippen LogP contribution >= 0.6 is 0 Å². The van der Waals surface area contributed by atoms with Crippen LogP contribution in [0.3, 0.4) is 0 Å². The van der Waals surface area contributed by atoms with E-state index in [0.29, 0.717) is 11.7 Å². The molecule has 1 heteroatoms. The lowest BCUT2D eigenvalue weighted by atomic mass is 9.63. The highest BCUT2D eigenvalue weighted by Gasteiger charge is 2.55. The zero-order valence-corrected chi connectivity index (χ0v) is 6.75. The Morgan fingerprint density at radius 2 is 2.36 bits per heavy atom. The number of rotatable bonds is 0. The fourth-order valence-corrected chi connectivity index (χ4v) is 3.00. The quantitative estimate of drug-likeness (QED) is 0.481. The van der Waals surface area contributed by atoms with E-state index in [9.17, 15) is 0 Å². The van der Waals surface area contributed by atoms with E-state index in [1.165, 1.54) is 32.1 Å². The summed E-state index contributed by atoms with van der Waals surface area (Å²) >= 11 is 0. The summed E-state index contributed by atoms with van der Waals surface area (Å²) in [6.07, 6.45) is 11.8. The number of ether oxygens (including phenoxy) is 1. The molecule has 2 bridgehead atoms. The second-order valence-electron chi connectivity index (χ2n) is 4.13. The normalized spacial score (nSPS) is 53.1. The first-order valence-corrected chi connectivity index (χ1v) is 4.75. The molecule has 2 aliphatic carbocycles. The summed E-state index contributed by atoms with van der Waals surface area (Å²) in [5, 5.41) is 0. The first-order chi connectivity index (χ1) is 5.41. The third-order valence-corrected chi connectivity index (χ3v) is 3.60. The SMILES string of the molecule is C1=C[C@H]2O[C@]3(C1)CCCC[C@H]23. The molecular formula is C10H14O. The van der Waals surface area contributed by atoms with Crippen molar-refractivity contribution in [2.45, 2.75) is 43.8 Å². The van der Waals surface area contributed by atoms with E-state index in [-0.39, 0.29) is 0 Å². The molecule has 2 fully saturated rings. The Hall–Kier alpha value is -0.300. The van der Waals surface area contributed by atoms with E-state index in [1.54, 1.807) is 0 Å². The molecule has 1 nitrogen and oxygen atoms in total. The van der Waals surface area contributed by atoms with Gasteiger partial charge in [0, 0.05) is 5.92 Å². The molecule has 1 saturated carbocycles. The summed E-state index contributed by atoms with van der Waals surface area (Å²) in [4.78, 5) is 0. The van der Waals surface area contributed by atoms with Gasteiger partial charge in [0.05, 0.1) is 11.7 Å². The van der Waals surface area contributed by atoms with Gasteiger partial charge in [0.25, 0.3) is 0 Å². The lowest BCUT2D eigenvalue weighted by molar-refractivity contribution is -0.262. The average molecular weight is 150 g/mol. The zero-order chi connectivity index (χ0) is 7.31. The molecule has 0 N–H and O–H groups in total. The molecule has 0 aromatic rings. The van der Waals surface area contributed by atoms with Crippen molar-refractivity contribution >= 4 is 0 Å². The highest BCUT2D eigenvalue weighted by Crippen LogP contribution is 2.53. The van der Waals surface area contributed by atoms with Crippen molar-refractivity contribution in [3.05, 3.63) is 12.2 Å². The average Bonchev–Trinajstić information content (AvgIpc) is 2.04. The van der Waals surface area contributed by atoms with Gasteiger partial charge >= 0.3 is 0 Å². The largest absolute Gasteiger partial charge is 0.367 e. The van der Waals surface area contributed by atoms with Crippen molar-refractivity contribution in [1.29, 1.82) is 0 Å². The van der Waals surface area contributed by atoms with Gasteiger partial charge in [-0.05, 0) is 19.3 Å². The van der Waals surface area contributed by atoms with Crippen molar-refractivity contribution in [3.63, 3.8) is 0 Å². The molecule has 0 amide bonds. The third kappa shape index (κ3) is 0.652. The van der Waals surface area contributed by atoms with E-state index in [4.69, 9.17) is 4.74 Å². The summed E-state index contributed by atoms with van der Waals surface area (Å²) in [5.41, 5.74) is 0.331. The van der Waals surface area contributed by atoms with Crippen LogP contribution in [0.4, 0.5) is 0 Å². The topological polar surface area (TPSA) is 9.23 Å². The second kappa shape index (κ2) is 1.89. The van der Waals surface area contributed by atoms with Crippen LogP contribution in [0.5, 0.6) is 0 Å². The molecule has 1 spiro atoms. The highest BCUT2D eigenvalue weighted by atomic mass is 16.5. The molecule has 0 aromatic heterocycles. The Labute approximate surface area is 67.4 Å². The molecule has 2 aliphatic heterocycles. The number of fused-ring (bicyclic) bond motifs is 1. The van der Waals surface area contributed by atoms with Crippen LogP contribution in [0, 0.1) is 5.92 Å².